The van der Waals surface area contributed by atoms with Gasteiger partial charge in [0.1, 0.15) is 5.82 Å². The minimum atomic E-state index is -0.0778. The highest BCUT2D eigenvalue weighted by atomic mass is 16.1. The molecule has 4 heterocycles. The van der Waals surface area contributed by atoms with Gasteiger partial charge in [0.05, 0.1) is 18.3 Å². The molecule has 2 bridgehead atoms. The highest BCUT2D eigenvalue weighted by Gasteiger charge is 2.27. The minimum Gasteiger partial charge on any atom is -0.369 e. The zero-order chi connectivity index (χ0) is 17.8. The van der Waals surface area contributed by atoms with E-state index in [1.54, 1.807) is 12.4 Å². The van der Waals surface area contributed by atoms with Crippen LogP contribution in [-0.2, 0) is 11.2 Å². The van der Waals surface area contributed by atoms with Crippen LogP contribution in [0.15, 0.2) is 42.9 Å². The van der Waals surface area contributed by atoms with Crippen LogP contribution in [-0.4, -0.2) is 41.0 Å². The quantitative estimate of drug-likeness (QED) is 0.885. The smallest absolute Gasteiger partial charge is 0.230 e. The van der Waals surface area contributed by atoms with Crippen molar-refractivity contribution in [1.82, 2.24) is 15.3 Å². The van der Waals surface area contributed by atoms with Crippen molar-refractivity contribution in [1.29, 1.82) is 0 Å². The van der Waals surface area contributed by atoms with Crippen LogP contribution in [0.3, 0.4) is 0 Å². The fraction of sp³-hybridized carbons (Fsp3) is 0.450. The number of amides is 1. The van der Waals surface area contributed by atoms with Crippen molar-refractivity contribution in [2.24, 2.45) is 0 Å². The molecule has 2 aliphatic heterocycles. The van der Waals surface area contributed by atoms with Gasteiger partial charge in [-0.3, -0.25) is 9.78 Å². The predicted molar refractivity (Wildman–Crippen MR) is 102 cm³/mol. The maximum absolute atomic E-state index is 12.1. The van der Waals surface area contributed by atoms with E-state index in [4.69, 9.17) is 0 Å². The average Bonchev–Trinajstić information content (AvgIpc) is 2.81. The van der Waals surface area contributed by atoms with Crippen LogP contribution in [0.1, 0.15) is 31.2 Å². The number of piperidine rings is 1. The Labute approximate surface area is 154 Å². The first-order chi connectivity index (χ1) is 12.8. The molecule has 2 N–H and O–H groups in total. The van der Waals surface area contributed by atoms with Gasteiger partial charge in [0.25, 0.3) is 0 Å². The van der Waals surface area contributed by atoms with Gasteiger partial charge in [-0.2, -0.15) is 0 Å². The lowest BCUT2D eigenvalue weighted by atomic mass is 9.98. The van der Waals surface area contributed by atoms with Gasteiger partial charge in [-0.05, 0) is 43.0 Å². The van der Waals surface area contributed by atoms with Crippen LogP contribution in [0, 0.1) is 0 Å². The summed E-state index contributed by atoms with van der Waals surface area (Å²) in [4.78, 5) is 23.0. The molecule has 0 aliphatic carbocycles. The second-order valence-corrected chi connectivity index (χ2v) is 7.21. The molecule has 2 saturated heterocycles. The Morgan fingerprint density at radius 2 is 2.12 bits per heavy atom. The first-order valence-electron chi connectivity index (χ1n) is 9.42. The van der Waals surface area contributed by atoms with E-state index >= 15 is 0 Å². The molecule has 0 aromatic carbocycles. The van der Waals surface area contributed by atoms with E-state index < -0.39 is 0 Å². The van der Waals surface area contributed by atoms with Crippen molar-refractivity contribution >= 4 is 17.4 Å². The van der Waals surface area contributed by atoms with Gasteiger partial charge in [0.2, 0.25) is 5.91 Å². The number of carbonyl (C=O) groups is 1. The number of rotatable bonds is 4. The summed E-state index contributed by atoms with van der Waals surface area (Å²) >= 11 is 0. The number of fused-ring (bicyclic) bond motifs is 2. The Balaban J connectivity index is 1.36. The molecular weight excluding hydrogens is 326 g/mol. The van der Waals surface area contributed by atoms with Crippen molar-refractivity contribution in [3.63, 3.8) is 0 Å². The third-order valence-electron chi connectivity index (χ3n) is 5.23. The van der Waals surface area contributed by atoms with Crippen molar-refractivity contribution < 1.29 is 4.79 Å². The summed E-state index contributed by atoms with van der Waals surface area (Å²) in [7, 11) is 0. The molecular formula is C20H25N5O. The SMILES string of the molecule is O=C(Cc1cccnc1)Nc1ccc(N2CCC3CCCC(C2)N3)cn1. The van der Waals surface area contributed by atoms with E-state index in [-0.39, 0.29) is 5.91 Å². The van der Waals surface area contributed by atoms with E-state index in [1.807, 2.05) is 24.4 Å². The maximum Gasteiger partial charge on any atom is 0.230 e. The van der Waals surface area contributed by atoms with Gasteiger partial charge in [0.15, 0.2) is 0 Å². The second-order valence-electron chi connectivity index (χ2n) is 7.21. The first-order valence-corrected chi connectivity index (χ1v) is 9.42. The highest BCUT2D eigenvalue weighted by molar-refractivity contribution is 5.91. The molecule has 0 saturated carbocycles. The topological polar surface area (TPSA) is 70.2 Å². The second kappa shape index (κ2) is 7.83. The summed E-state index contributed by atoms with van der Waals surface area (Å²) < 4.78 is 0. The number of nitrogens with one attached hydrogen (secondary N) is 2. The molecule has 0 spiro atoms. The summed E-state index contributed by atoms with van der Waals surface area (Å²) in [5.41, 5.74) is 2.02. The molecule has 2 aromatic rings. The molecule has 26 heavy (non-hydrogen) atoms. The number of hydrogen-bond donors (Lipinski definition) is 2. The molecule has 0 radical (unpaired) electrons. The zero-order valence-electron chi connectivity index (χ0n) is 14.9. The van der Waals surface area contributed by atoms with Crippen LogP contribution in [0.5, 0.6) is 0 Å². The van der Waals surface area contributed by atoms with Gasteiger partial charge in [-0.15, -0.1) is 0 Å². The molecule has 2 aromatic heterocycles. The van der Waals surface area contributed by atoms with Crippen molar-refractivity contribution in [2.75, 3.05) is 23.3 Å². The molecule has 2 aliphatic rings. The Morgan fingerprint density at radius 1 is 1.19 bits per heavy atom. The van der Waals surface area contributed by atoms with Gasteiger partial charge >= 0.3 is 0 Å². The lowest BCUT2D eigenvalue weighted by molar-refractivity contribution is -0.115. The predicted octanol–water partition coefficient (Wildman–Crippen LogP) is 2.38. The van der Waals surface area contributed by atoms with E-state index in [1.165, 1.54) is 25.7 Å². The van der Waals surface area contributed by atoms with Crippen molar-refractivity contribution in [2.45, 2.75) is 44.2 Å². The van der Waals surface area contributed by atoms with Crippen molar-refractivity contribution in [3.8, 4) is 0 Å². The summed E-state index contributed by atoms with van der Waals surface area (Å²) in [5, 5.41) is 6.61. The number of aromatic nitrogens is 2. The Kier molecular flexibility index (Phi) is 5.11. The maximum atomic E-state index is 12.1. The molecule has 1 amide bonds. The third-order valence-corrected chi connectivity index (χ3v) is 5.23. The van der Waals surface area contributed by atoms with Gasteiger partial charge < -0.3 is 15.5 Å². The molecule has 6 nitrogen and oxygen atoms in total. The highest BCUT2D eigenvalue weighted by Crippen LogP contribution is 2.24. The molecule has 2 unspecified atom stereocenters. The first kappa shape index (κ1) is 17.0. The summed E-state index contributed by atoms with van der Waals surface area (Å²) in [6.45, 7) is 2.09. The summed E-state index contributed by atoms with van der Waals surface area (Å²) in [6, 6.07) is 8.92. The Morgan fingerprint density at radius 3 is 2.92 bits per heavy atom. The Bertz CT molecular complexity index is 734. The fourth-order valence-electron chi connectivity index (χ4n) is 3.91. The number of nitrogens with zero attached hydrogens (tertiary/aromatic N) is 3. The number of pyridine rings is 2. The van der Waals surface area contributed by atoms with Crippen LogP contribution in [0.25, 0.3) is 0 Å². The van der Waals surface area contributed by atoms with Crippen LogP contribution >= 0.6 is 0 Å². The largest absolute Gasteiger partial charge is 0.369 e. The third kappa shape index (κ3) is 4.19. The molecule has 2 atom stereocenters. The monoisotopic (exact) mass is 351 g/mol. The lowest BCUT2D eigenvalue weighted by Crippen LogP contribution is -2.44. The average molecular weight is 351 g/mol. The van der Waals surface area contributed by atoms with E-state index in [9.17, 15) is 4.79 Å². The van der Waals surface area contributed by atoms with E-state index in [2.05, 4.69) is 31.6 Å². The fourth-order valence-corrected chi connectivity index (χ4v) is 3.91. The van der Waals surface area contributed by atoms with Gasteiger partial charge in [-0.25, -0.2) is 4.98 Å². The molecule has 6 heteroatoms. The normalized spacial score (nSPS) is 22.5. The number of carbonyl (C=O) groups excluding carboxylic acids is 1. The number of hydrogen-bond acceptors (Lipinski definition) is 5. The summed E-state index contributed by atoms with van der Waals surface area (Å²) in [5.74, 6) is 0.514. The van der Waals surface area contributed by atoms with E-state index in [0.29, 0.717) is 24.3 Å². The van der Waals surface area contributed by atoms with Gasteiger partial charge in [-0.1, -0.05) is 12.5 Å². The van der Waals surface area contributed by atoms with Crippen LogP contribution in [0.2, 0.25) is 0 Å². The molecule has 136 valence electrons. The lowest BCUT2D eigenvalue weighted by Gasteiger charge is -2.29. The minimum absolute atomic E-state index is 0.0778. The molecule has 4 rings (SSSR count). The molecule has 2 fully saturated rings. The van der Waals surface area contributed by atoms with Crippen LogP contribution in [0.4, 0.5) is 11.5 Å². The Hall–Kier alpha value is -2.47. The standard InChI is InChI=1S/C20H25N5O/c26-20(11-15-3-2-9-21-12-15)24-19-7-6-18(13-22-19)25-10-8-16-4-1-5-17(14-25)23-16/h2-3,6-7,9,12-13,16-17,23H,1,4-5,8,10-11,14H2,(H,22,24,26). The number of anilines is 2. The van der Waals surface area contributed by atoms with E-state index in [0.717, 1.165) is 24.3 Å². The van der Waals surface area contributed by atoms with Crippen LogP contribution < -0.4 is 15.5 Å². The summed E-state index contributed by atoms with van der Waals surface area (Å²) in [6.07, 6.45) is 10.6. The van der Waals surface area contributed by atoms with Crippen molar-refractivity contribution in [3.05, 3.63) is 48.4 Å². The zero-order valence-corrected chi connectivity index (χ0v) is 14.9. The van der Waals surface area contributed by atoms with Gasteiger partial charge in [0, 0.05) is 37.6 Å².